The summed E-state index contributed by atoms with van der Waals surface area (Å²) in [6, 6.07) is 10.8. The Morgan fingerprint density at radius 3 is 2.52 bits per heavy atom. The fourth-order valence-corrected chi connectivity index (χ4v) is 3.58. The summed E-state index contributed by atoms with van der Waals surface area (Å²) in [7, 11) is 6.04. The maximum atomic E-state index is 12.3. The maximum absolute atomic E-state index is 12.3. The van der Waals surface area contributed by atoms with Gasteiger partial charge in [-0.3, -0.25) is 4.79 Å². The lowest BCUT2D eigenvalue weighted by Gasteiger charge is -2.37. The number of hydrogen-bond donors (Lipinski definition) is 2. The molecule has 0 bridgehead atoms. The first-order valence-electron chi connectivity index (χ1n) is 8.96. The summed E-state index contributed by atoms with van der Waals surface area (Å²) in [5.41, 5.74) is 1.12. The molecule has 2 rings (SSSR count). The molecule has 1 saturated carbocycles. The largest absolute Gasteiger partial charge is 0.358 e. The van der Waals surface area contributed by atoms with Crippen LogP contribution in [0, 0.1) is 0 Å². The van der Waals surface area contributed by atoms with Gasteiger partial charge in [-0.25, -0.2) is 0 Å². The molecule has 25 heavy (non-hydrogen) atoms. The second-order valence-corrected chi connectivity index (χ2v) is 7.39. The van der Waals surface area contributed by atoms with Gasteiger partial charge in [0.15, 0.2) is 5.11 Å². The highest BCUT2D eigenvalue weighted by Crippen LogP contribution is 2.21. The van der Waals surface area contributed by atoms with E-state index in [1.54, 1.807) is 4.90 Å². The van der Waals surface area contributed by atoms with Gasteiger partial charge in [0.2, 0.25) is 5.91 Å². The Morgan fingerprint density at radius 2 is 1.84 bits per heavy atom. The van der Waals surface area contributed by atoms with Crippen LogP contribution >= 0.6 is 12.2 Å². The molecule has 1 aromatic rings. The van der Waals surface area contributed by atoms with Crippen LogP contribution in [0.2, 0.25) is 0 Å². The van der Waals surface area contributed by atoms with Crippen molar-refractivity contribution in [3.8, 4) is 0 Å². The number of thiocarbonyl (C=S) groups is 1. The number of carbonyl (C=O) groups is 1. The van der Waals surface area contributed by atoms with Crippen LogP contribution in [0.25, 0.3) is 0 Å². The van der Waals surface area contributed by atoms with Gasteiger partial charge in [-0.05, 0) is 44.7 Å². The van der Waals surface area contributed by atoms with E-state index >= 15 is 0 Å². The smallest absolute Gasteiger partial charge is 0.241 e. The van der Waals surface area contributed by atoms with E-state index in [9.17, 15) is 4.79 Å². The third-order valence-corrected chi connectivity index (χ3v) is 5.06. The average Bonchev–Trinajstić information content (AvgIpc) is 2.60. The Bertz CT molecular complexity index is 564. The number of amides is 1. The second-order valence-electron chi connectivity index (χ2n) is 6.98. The minimum atomic E-state index is 0.0285. The second kappa shape index (κ2) is 9.73. The van der Waals surface area contributed by atoms with E-state index in [2.05, 4.69) is 29.6 Å². The molecule has 5 nitrogen and oxygen atoms in total. The molecule has 1 aliphatic rings. The number of benzene rings is 1. The molecule has 0 spiro atoms. The minimum Gasteiger partial charge on any atom is -0.358 e. The van der Waals surface area contributed by atoms with Crippen LogP contribution in [-0.2, 0) is 11.3 Å². The lowest BCUT2D eigenvalue weighted by atomic mass is 9.90. The molecule has 1 aliphatic carbocycles. The molecule has 1 aromatic carbocycles. The van der Waals surface area contributed by atoms with Crippen molar-refractivity contribution in [3.05, 3.63) is 35.9 Å². The number of likely N-dealkylation sites (N-methyl/N-ethyl adjacent to an activating group) is 2. The summed E-state index contributed by atoms with van der Waals surface area (Å²) >= 11 is 5.40. The molecule has 2 atom stereocenters. The van der Waals surface area contributed by atoms with E-state index in [1.165, 1.54) is 19.3 Å². The summed E-state index contributed by atoms with van der Waals surface area (Å²) in [4.78, 5) is 16.3. The van der Waals surface area contributed by atoms with Crippen LogP contribution in [0.5, 0.6) is 0 Å². The predicted molar refractivity (Wildman–Crippen MR) is 106 cm³/mol. The summed E-state index contributed by atoms with van der Waals surface area (Å²) in [6.45, 7) is 0.821. The molecule has 0 heterocycles. The van der Waals surface area contributed by atoms with E-state index in [0.29, 0.717) is 23.7 Å². The van der Waals surface area contributed by atoms with Gasteiger partial charge >= 0.3 is 0 Å². The average molecular weight is 363 g/mol. The van der Waals surface area contributed by atoms with E-state index in [4.69, 9.17) is 12.2 Å². The molecule has 0 radical (unpaired) electrons. The Labute approximate surface area is 156 Å². The van der Waals surface area contributed by atoms with Crippen molar-refractivity contribution in [1.29, 1.82) is 0 Å². The van der Waals surface area contributed by atoms with Gasteiger partial charge in [0.05, 0.1) is 6.54 Å². The molecule has 6 heteroatoms. The third kappa shape index (κ3) is 6.29. The molecule has 1 amide bonds. The number of nitrogens with zero attached hydrogens (tertiary/aromatic N) is 2. The molecular weight excluding hydrogens is 332 g/mol. The molecular formula is C19H30N4OS. The van der Waals surface area contributed by atoms with Crippen molar-refractivity contribution in [2.24, 2.45) is 0 Å². The first kappa shape index (κ1) is 19.7. The van der Waals surface area contributed by atoms with Gasteiger partial charge in [0.25, 0.3) is 0 Å². The predicted octanol–water partition coefficient (Wildman–Crippen LogP) is 1.98. The van der Waals surface area contributed by atoms with Crippen molar-refractivity contribution in [3.63, 3.8) is 0 Å². The van der Waals surface area contributed by atoms with Gasteiger partial charge in [0.1, 0.15) is 0 Å². The summed E-state index contributed by atoms with van der Waals surface area (Å²) in [5, 5.41) is 7.04. The zero-order valence-electron chi connectivity index (χ0n) is 15.5. The molecule has 0 aromatic heterocycles. The van der Waals surface area contributed by atoms with Crippen molar-refractivity contribution in [1.82, 2.24) is 20.4 Å². The van der Waals surface area contributed by atoms with Gasteiger partial charge in [-0.2, -0.15) is 0 Å². The van der Waals surface area contributed by atoms with Crippen LogP contribution < -0.4 is 10.6 Å². The zero-order valence-corrected chi connectivity index (χ0v) is 16.3. The summed E-state index contributed by atoms with van der Waals surface area (Å²) in [5.74, 6) is 0.0285. The van der Waals surface area contributed by atoms with Crippen LogP contribution in [0.4, 0.5) is 0 Å². The van der Waals surface area contributed by atoms with E-state index < -0.39 is 0 Å². The minimum absolute atomic E-state index is 0.0285. The summed E-state index contributed by atoms with van der Waals surface area (Å²) < 4.78 is 0. The van der Waals surface area contributed by atoms with Crippen LogP contribution in [0.15, 0.2) is 30.3 Å². The van der Waals surface area contributed by atoms with Gasteiger partial charge < -0.3 is 20.4 Å². The number of nitrogens with one attached hydrogen (secondary N) is 2. The Morgan fingerprint density at radius 1 is 1.16 bits per heavy atom. The van der Waals surface area contributed by atoms with E-state index in [-0.39, 0.29) is 12.5 Å². The first-order valence-corrected chi connectivity index (χ1v) is 9.37. The highest BCUT2D eigenvalue weighted by atomic mass is 32.1. The van der Waals surface area contributed by atoms with Gasteiger partial charge in [-0.1, -0.05) is 43.2 Å². The van der Waals surface area contributed by atoms with Crippen LogP contribution in [0.1, 0.15) is 31.2 Å². The molecule has 138 valence electrons. The third-order valence-electron chi connectivity index (χ3n) is 4.80. The van der Waals surface area contributed by atoms with Crippen LogP contribution in [-0.4, -0.2) is 60.6 Å². The molecule has 1 fully saturated rings. The summed E-state index contributed by atoms with van der Waals surface area (Å²) in [6.07, 6.45) is 4.80. The normalized spacial score (nSPS) is 20.2. The number of carbonyl (C=O) groups excluding carboxylic acids is 1. The van der Waals surface area contributed by atoms with Gasteiger partial charge in [-0.15, -0.1) is 0 Å². The van der Waals surface area contributed by atoms with Gasteiger partial charge in [0, 0.05) is 25.7 Å². The highest BCUT2D eigenvalue weighted by molar-refractivity contribution is 7.80. The molecule has 0 aliphatic heterocycles. The highest BCUT2D eigenvalue weighted by Gasteiger charge is 2.27. The Kier molecular flexibility index (Phi) is 7.65. The maximum Gasteiger partial charge on any atom is 0.241 e. The Hall–Kier alpha value is -1.66. The van der Waals surface area contributed by atoms with Crippen molar-refractivity contribution in [2.45, 2.75) is 44.3 Å². The number of hydrogen-bond acceptors (Lipinski definition) is 3. The van der Waals surface area contributed by atoms with Crippen LogP contribution in [0.3, 0.4) is 0 Å². The van der Waals surface area contributed by atoms with E-state index in [1.807, 2.05) is 37.4 Å². The lowest BCUT2D eigenvalue weighted by molar-refractivity contribution is -0.129. The molecule has 0 saturated heterocycles. The fraction of sp³-hybridized carbons (Fsp3) is 0.579. The van der Waals surface area contributed by atoms with Crippen molar-refractivity contribution >= 4 is 23.2 Å². The monoisotopic (exact) mass is 362 g/mol. The van der Waals surface area contributed by atoms with Crippen molar-refractivity contribution in [2.75, 3.05) is 27.7 Å². The standard InChI is InChI=1S/C19H30N4OS/c1-22(2)17-12-8-7-11-16(17)21-19(25)20-13-18(24)23(3)14-15-9-5-4-6-10-15/h4-6,9-10,16-17H,7-8,11-14H2,1-3H3,(H2,20,21,25)/t16-,17-/m1/s1. The SMILES string of the molecule is CN(Cc1ccccc1)C(=O)CNC(=S)N[C@@H]1CCCC[C@H]1N(C)C. The van der Waals surface area contributed by atoms with Crippen molar-refractivity contribution < 1.29 is 4.79 Å². The topological polar surface area (TPSA) is 47.6 Å². The zero-order chi connectivity index (χ0) is 18.2. The fourth-order valence-electron chi connectivity index (χ4n) is 3.35. The quantitative estimate of drug-likeness (QED) is 0.758. The first-order chi connectivity index (χ1) is 12.0. The number of rotatable bonds is 6. The molecule has 2 N–H and O–H groups in total. The van der Waals surface area contributed by atoms with E-state index in [0.717, 1.165) is 12.0 Å². The molecule has 0 unspecified atom stereocenters. The lowest BCUT2D eigenvalue weighted by Crippen LogP contribution is -2.54. The Balaban J connectivity index is 1.75.